The van der Waals surface area contributed by atoms with Crippen molar-refractivity contribution in [2.24, 2.45) is 0 Å². The van der Waals surface area contributed by atoms with Gasteiger partial charge in [-0.3, -0.25) is 0 Å². The van der Waals surface area contributed by atoms with E-state index in [0.717, 1.165) is 75.4 Å². The van der Waals surface area contributed by atoms with Crippen molar-refractivity contribution in [3.63, 3.8) is 0 Å². The van der Waals surface area contributed by atoms with E-state index in [1.807, 2.05) is 26.8 Å². The van der Waals surface area contributed by atoms with Crippen molar-refractivity contribution in [2.75, 3.05) is 12.4 Å². The summed E-state index contributed by atoms with van der Waals surface area (Å²) in [6.07, 6.45) is 27.0. The molecule has 0 aliphatic heterocycles. The molecular formula is C38H64O3S. The molecule has 1 N–H and O–H groups in total. The molecule has 0 rings (SSSR count). The summed E-state index contributed by atoms with van der Waals surface area (Å²) in [7, 11) is -3.19. The van der Waals surface area contributed by atoms with Gasteiger partial charge in [-0.25, -0.2) is 8.42 Å². The first-order valence-electron chi connectivity index (χ1n) is 16.2. The minimum absolute atomic E-state index is 0.0487. The van der Waals surface area contributed by atoms with Crippen molar-refractivity contribution in [3.8, 4) is 0 Å². The summed E-state index contributed by atoms with van der Waals surface area (Å²) in [6.45, 7) is 19.1. The van der Waals surface area contributed by atoms with Crippen LogP contribution in [0, 0.1) is 0 Å². The second-order valence-electron chi connectivity index (χ2n) is 12.4. The number of aliphatic hydroxyl groups is 1. The molecule has 0 saturated heterocycles. The predicted octanol–water partition coefficient (Wildman–Crippen LogP) is 11.1. The van der Waals surface area contributed by atoms with Crippen LogP contribution >= 0.6 is 0 Å². The Balaban J connectivity index is 4.83. The first-order chi connectivity index (χ1) is 19.8. The quantitative estimate of drug-likeness (QED) is 0.126. The van der Waals surface area contributed by atoms with Gasteiger partial charge in [0.15, 0.2) is 9.84 Å². The van der Waals surface area contributed by atoms with Crippen molar-refractivity contribution in [1.82, 2.24) is 0 Å². The van der Waals surface area contributed by atoms with E-state index in [2.05, 4.69) is 78.0 Å². The van der Waals surface area contributed by atoms with Crippen LogP contribution in [0.1, 0.15) is 139 Å². The number of hydrogen-bond acceptors (Lipinski definition) is 3. The van der Waals surface area contributed by atoms with Gasteiger partial charge in [-0.1, -0.05) is 88.5 Å². The minimum Gasteiger partial charge on any atom is -0.392 e. The zero-order valence-electron chi connectivity index (χ0n) is 28.7. The van der Waals surface area contributed by atoms with E-state index < -0.39 is 15.1 Å². The average Bonchev–Trinajstić information content (AvgIpc) is 2.88. The molecule has 0 amide bonds. The highest BCUT2D eigenvalue weighted by atomic mass is 32.2. The van der Waals surface area contributed by atoms with Gasteiger partial charge in [0.05, 0.1) is 17.6 Å². The molecule has 0 saturated carbocycles. The molecule has 0 aliphatic rings. The van der Waals surface area contributed by atoms with Crippen molar-refractivity contribution < 1.29 is 13.5 Å². The first-order valence-corrected chi connectivity index (χ1v) is 17.9. The van der Waals surface area contributed by atoms with Crippen LogP contribution in [0.4, 0.5) is 0 Å². The third-order valence-electron chi connectivity index (χ3n) is 7.74. The predicted molar refractivity (Wildman–Crippen MR) is 188 cm³/mol. The molecule has 0 bridgehead atoms. The number of hydrogen-bond donors (Lipinski definition) is 1. The van der Waals surface area contributed by atoms with Gasteiger partial charge in [0.1, 0.15) is 0 Å². The molecule has 1 atom stereocenters. The largest absolute Gasteiger partial charge is 0.392 e. The van der Waals surface area contributed by atoms with Crippen LogP contribution < -0.4 is 0 Å². The molecule has 0 aromatic heterocycles. The summed E-state index contributed by atoms with van der Waals surface area (Å²) in [4.78, 5) is 0. The molecule has 0 aliphatic carbocycles. The van der Waals surface area contributed by atoms with Crippen LogP contribution in [-0.2, 0) is 9.84 Å². The van der Waals surface area contributed by atoms with Gasteiger partial charge in [-0.05, 0) is 132 Å². The molecule has 42 heavy (non-hydrogen) atoms. The number of allylic oxidation sites excluding steroid dienone is 12. The molecule has 0 spiro atoms. The molecule has 0 aromatic carbocycles. The normalized spacial score (nSPS) is 15.3. The Morgan fingerprint density at radius 2 is 0.952 bits per heavy atom. The van der Waals surface area contributed by atoms with E-state index in [-0.39, 0.29) is 12.4 Å². The minimum atomic E-state index is -3.19. The highest BCUT2D eigenvalue weighted by Crippen LogP contribution is 2.22. The molecule has 0 radical (unpaired) electrons. The summed E-state index contributed by atoms with van der Waals surface area (Å²) in [6, 6.07) is 0. The SMILES string of the molecule is CCCS(=O)(=O)C(C/C=C(\C)CCC=C(C)CCC=C(C)CCC=C(C)CCC=C(C)C)C(C)=CCC/C(C)=C/CO. The van der Waals surface area contributed by atoms with Crippen molar-refractivity contribution in [3.05, 3.63) is 81.5 Å². The summed E-state index contributed by atoms with van der Waals surface area (Å²) < 4.78 is 26.1. The Morgan fingerprint density at radius 1 is 0.571 bits per heavy atom. The first kappa shape index (κ1) is 40.1. The topological polar surface area (TPSA) is 54.4 Å². The highest BCUT2D eigenvalue weighted by Gasteiger charge is 2.25. The Kier molecular flexibility index (Phi) is 22.5. The molecule has 0 fully saturated rings. The Hall–Kier alpha value is -1.91. The van der Waals surface area contributed by atoms with Gasteiger partial charge in [-0.2, -0.15) is 0 Å². The van der Waals surface area contributed by atoms with Gasteiger partial charge >= 0.3 is 0 Å². The molecule has 3 nitrogen and oxygen atoms in total. The van der Waals surface area contributed by atoms with E-state index in [0.29, 0.717) is 12.8 Å². The summed E-state index contributed by atoms with van der Waals surface area (Å²) in [5.41, 5.74) is 9.11. The van der Waals surface area contributed by atoms with E-state index in [4.69, 9.17) is 5.11 Å². The fourth-order valence-corrected chi connectivity index (χ4v) is 6.81. The summed E-state index contributed by atoms with van der Waals surface area (Å²) in [5.74, 6) is 0.224. The fourth-order valence-electron chi connectivity index (χ4n) is 4.90. The van der Waals surface area contributed by atoms with E-state index in [9.17, 15) is 8.42 Å². The fraction of sp³-hybridized carbons (Fsp3) is 0.632. The van der Waals surface area contributed by atoms with Crippen LogP contribution in [0.5, 0.6) is 0 Å². The van der Waals surface area contributed by atoms with E-state index in [1.54, 1.807) is 0 Å². The monoisotopic (exact) mass is 600 g/mol. The van der Waals surface area contributed by atoms with Crippen molar-refractivity contribution >= 4 is 9.84 Å². The Labute approximate surface area is 261 Å². The second kappa shape index (κ2) is 23.5. The maximum absolute atomic E-state index is 13.0. The van der Waals surface area contributed by atoms with Crippen molar-refractivity contribution in [2.45, 2.75) is 145 Å². The maximum Gasteiger partial charge on any atom is 0.157 e. The van der Waals surface area contributed by atoms with Gasteiger partial charge < -0.3 is 5.11 Å². The highest BCUT2D eigenvalue weighted by molar-refractivity contribution is 7.92. The van der Waals surface area contributed by atoms with Gasteiger partial charge in [0.25, 0.3) is 0 Å². The average molecular weight is 601 g/mol. The number of sulfone groups is 1. The molecule has 0 aromatic rings. The Morgan fingerprint density at radius 3 is 1.36 bits per heavy atom. The van der Waals surface area contributed by atoms with Crippen molar-refractivity contribution in [1.29, 1.82) is 0 Å². The van der Waals surface area contributed by atoms with Crippen LogP contribution in [0.15, 0.2) is 81.5 Å². The van der Waals surface area contributed by atoms with Crippen LogP contribution in [0.3, 0.4) is 0 Å². The second-order valence-corrected chi connectivity index (χ2v) is 14.8. The Bertz CT molecular complexity index is 1090. The maximum atomic E-state index is 13.0. The number of rotatable bonds is 22. The standard InChI is InChI=1S/C38H64O3S/c1-10-30-42(40,41)38(37(9)25-15-24-36(8)28-29-39)27-26-35(7)23-14-22-34(6)21-13-20-33(5)19-12-18-32(4)17-11-16-31(2)3/h16,18,20,22,25-26,28,38-39H,10-15,17,19,21,23-24,27,29-30H2,1-9H3/b32-18?,33-20?,34-22?,35-26+,36-28+,37-25?. The lowest BCUT2D eigenvalue weighted by Gasteiger charge is -2.17. The van der Waals surface area contributed by atoms with Crippen LogP contribution in [0.25, 0.3) is 0 Å². The summed E-state index contributed by atoms with van der Waals surface area (Å²) >= 11 is 0. The number of aliphatic hydroxyl groups excluding tert-OH is 1. The van der Waals surface area contributed by atoms with Gasteiger partial charge in [-0.15, -0.1) is 0 Å². The lowest BCUT2D eigenvalue weighted by Crippen LogP contribution is -2.25. The lowest BCUT2D eigenvalue weighted by atomic mass is 10.0. The van der Waals surface area contributed by atoms with Crippen LogP contribution in [-0.4, -0.2) is 31.1 Å². The third-order valence-corrected chi connectivity index (χ3v) is 10.1. The smallest absolute Gasteiger partial charge is 0.157 e. The zero-order valence-corrected chi connectivity index (χ0v) is 29.5. The lowest BCUT2D eigenvalue weighted by molar-refractivity contribution is 0.341. The zero-order chi connectivity index (χ0) is 32.0. The molecular weight excluding hydrogens is 536 g/mol. The van der Waals surface area contributed by atoms with Gasteiger partial charge in [0, 0.05) is 0 Å². The molecule has 240 valence electrons. The van der Waals surface area contributed by atoms with Gasteiger partial charge in [0.2, 0.25) is 0 Å². The summed E-state index contributed by atoms with van der Waals surface area (Å²) in [5, 5.41) is 8.60. The molecule has 4 heteroatoms. The molecule has 1 unspecified atom stereocenters. The van der Waals surface area contributed by atoms with E-state index >= 15 is 0 Å². The third kappa shape index (κ3) is 20.9. The van der Waals surface area contributed by atoms with E-state index in [1.165, 1.54) is 27.9 Å². The van der Waals surface area contributed by atoms with Crippen LogP contribution in [0.2, 0.25) is 0 Å². The molecule has 0 heterocycles.